The smallest absolute Gasteiger partial charge is 0.0406 e. The Morgan fingerprint density at radius 1 is 1.12 bits per heavy atom. The van der Waals surface area contributed by atoms with E-state index >= 15 is 0 Å². The van der Waals surface area contributed by atoms with E-state index in [1.165, 1.54) is 42.7 Å². The van der Waals surface area contributed by atoms with Crippen molar-refractivity contribution in [2.45, 2.75) is 25.2 Å². The van der Waals surface area contributed by atoms with E-state index in [2.05, 4.69) is 59.6 Å². The van der Waals surface area contributed by atoms with Crippen LogP contribution in [0.3, 0.4) is 0 Å². The van der Waals surface area contributed by atoms with Crippen molar-refractivity contribution in [1.82, 2.24) is 4.90 Å². The lowest BCUT2D eigenvalue weighted by Gasteiger charge is -2.39. The van der Waals surface area contributed by atoms with Gasteiger partial charge in [0.25, 0.3) is 0 Å². The Balaban J connectivity index is 1.36. The standard InChI is InChI=1S/C22H25ClN2/c1-17-4-9-21-20(15-17)22(16-24-21)10-13-25(14-11-22)12-2-3-18-5-7-19(23)8-6-18/h2-9,15,24H,10-14,16H2,1H3. The Hall–Kier alpha value is -1.77. The normalized spacial score (nSPS) is 19.3. The first-order valence-corrected chi connectivity index (χ1v) is 9.52. The van der Waals surface area contributed by atoms with Crippen molar-refractivity contribution >= 4 is 23.4 Å². The molecule has 2 heterocycles. The predicted molar refractivity (Wildman–Crippen MR) is 108 cm³/mol. The molecule has 25 heavy (non-hydrogen) atoms. The molecule has 0 aromatic heterocycles. The Morgan fingerprint density at radius 3 is 2.64 bits per heavy atom. The van der Waals surface area contributed by atoms with Gasteiger partial charge in [0.1, 0.15) is 0 Å². The number of hydrogen-bond donors (Lipinski definition) is 1. The minimum absolute atomic E-state index is 0.345. The summed E-state index contributed by atoms with van der Waals surface area (Å²) in [5.74, 6) is 0. The number of aryl methyl sites for hydroxylation is 1. The molecule has 0 amide bonds. The van der Waals surface area contributed by atoms with E-state index in [0.29, 0.717) is 5.41 Å². The number of hydrogen-bond acceptors (Lipinski definition) is 2. The third kappa shape index (κ3) is 3.47. The molecule has 1 N–H and O–H groups in total. The van der Waals surface area contributed by atoms with Crippen LogP contribution in [0.1, 0.15) is 29.5 Å². The number of nitrogens with one attached hydrogen (secondary N) is 1. The van der Waals surface area contributed by atoms with Crippen LogP contribution in [-0.2, 0) is 5.41 Å². The molecule has 0 aliphatic carbocycles. The molecular weight excluding hydrogens is 328 g/mol. The van der Waals surface area contributed by atoms with Gasteiger partial charge in [0.15, 0.2) is 0 Å². The highest BCUT2D eigenvalue weighted by molar-refractivity contribution is 6.30. The number of benzene rings is 2. The maximum atomic E-state index is 5.93. The van der Waals surface area contributed by atoms with Crippen LogP contribution >= 0.6 is 11.6 Å². The summed E-state index contributed by atoms with van der Waals surface area (Å²) < 4.78 is 0. The van der Waals surface area contributed by atoms with Crippen molar-refractivity contribution in [1.29, 1.82) is 0 Å². The molecule has 0 radical (unpaired) electrons. The minimum atomic E-state index is 0.345. The number of likely N-dealkylation sites (tertiary alicyclic amines) is 1. The van der Waals surface area contributed by atoms with Crippen LogP contribution in [0.4, 0.5) is 5.69 Å². The largest absolute Gasteiger partial charge is 0.384 e. The number of fused-ring (bicyclic) bond motifs is 2. The van der Waals surface area contributed by atoms with Crippen LogP contribution in [0.15, 0.2) is 48.5 Å². The molecule has 3 heteroatoms. The SMILES string of the molecule is Cc1ccc2c(c1)C1(CCN(CC=Cc3ccc(Cl)cc3)CC1)CN2. The first-order chi connectivity index (χ1) is 12.1. The summed E-state index contributed by atoms with van der Waals surface area (Å²) in [7, 11) is 0. The van der Waals surface area contributed by atoms with Crippen LogP contribution < -0.4 is 5.32 Å². The minimum Gasteiger partial charge on any atom is -0.384 e. The molecule has 0 unspecified atom stereocenters. The van der Waals surface area contributed by atoms with Gasteiger partial charge in [0.2, 0.25) is 0 Å². The number of anilines is 1. The van der Waals surface area contributed by atoms with Gasteiger partial charge in [0.05, 0.1) is 0 Å². The third-order valence-corrected chi connectivity index (χ3v) is 5.97. The lowest BCUT2D eigenvalue weighted by molar-refractivity contribution is 0.183. The second-order valence-electron chi connectivity index (χ2n) is 7.44. The van der Waals surface area contributed by atoms with Crippen molar-refractivity contribution in [2.24, 2.45) is 0 Å². The van der Waals surface area contributed by atoms with Gasteiger partial charge >= 0.3 is 0 Å². The highest BCUT2D eigenvalue weighted by Crippen LogP contribution is 2.44. The molecule has 1 fully saturated rings. The average molecular weight is 353 g/mol. The quantitative estimate of drug-likeness (QED) is 0.824. The number of piperidine rings is 1. The monoisotopic (exact) mass is 352 g/mol. The first-order valence-electron chi connectivity index (χ1n) is 9.14. The zero-order valence-electron chi connectivity index (χ0n) is 14.8. The molecular formula is C22H25ClN2. The molecule has 0 saturated carbocycles. The van der Waals surface area contributed by atoms with Gasteiger partial charge in [-0.3, -0.25) is 4.90 Å². The second-order valence-corrected chi connectivity index (χ2v) is 7.87. The molecule has 1 spiro atoms. The van der Waals surface area contributed by atoms with Crippen LogP contribution in [0.25, 0.3) is 6.08 Å². The maximum absolute atomic E-state index is 5.93. The van der Waals surface area contributed by atoms with Gasteiger partial charge in [-0.2, -0.15) is 0 Å². The van der Waals surface area contributed by atoms with Crippen LogP contribution in [0, 0.1) is 6.92 Å². The highest BCUT2D eigenvalue weighted by atomic mass is 35.5. The summed E-state index contributed by atoms with van der Waals surface area (Å²) in [5, 5.41) is 4.42. The van der Waals surface area contributed by atoms with Gasteiger partial charge in [-0.05, 0) is 62.2 Å². The first kappa shape index (κ1) is 16.7. The summed E-state index contributed by atoms with van der Waals surface area (Å²) in [6.07, 6.45) is 6.94. The summed E-state index contributed by atoms with van der Waals surface area (Å²) in [6.45, 7) is 6.65. The Kier molecular flexibility index (Phi) is 4.58. The molecule has 2 aliphatic rings. The van der Waals surface area contributed by atoms with Crippen molar-refractivity contribution in [3.63, 3.8) is 0 Å². The van der Waals surface area contributed by atoms with Crippen molar-refractivity contribution in [2.75, 3.05) is 31.5 Å². The van der Waals surface area contributed by atoms with E-state index < -0.39 is 0 Å². The fourth-order valence-corrected chi connectivity index (χ4v) is 4.26. The van der Waals surface area contributed by atoms with Gasteiger partial charge in [0, 0.05) is 29.2 Å². The van der Waals surface area contributed by atoms with E-state index in [-0.39, 0.29) is 0 Å². The maximum Gasteiger partial charge on any atom is 0.0406 e. The van der Waals surface area contributed by atoms with Gasteiger partial charge in [-0.15, -0.1) is 0 Å². The van der Waals surface area contributed by atoms with Crippen LogP contribution in [-0.4, -0.2) is 31.1 Å². The van der Waals surface area contributed by atoms with Crippen molar-refractivity contribution in [3.05, 3.63) is 70.3 Å². The van der Waals surface area contributed by atoms with Gasteiger partial charge in [-0.1, -0.05) is 53.6 Å². The molecule has 0 bridgehead atoms. The topological polar surface area (TPSA) is 15.3 Å². The highest BCUT2D eigenvalue weighted by Gasteiger charge is 2.41. The molecule has 130 valence electrons. The van der Waals surface area contributed by atoms with E-state index in [9.17, 15) is 0 Å². The number of nitrogens with zero attached hydrogens (tertiary/aromatic N) is 1. The summed E-state index contributed by atoms with van der Waals surface area (Å²) in [6, 6.07) is 14.9. The predicted octanol–water partition coefficient (Wildman–Crippen LogP) is 5.12. The number of rotatable bonds is 3. The second kappa shape index (κ2) is 6.86. The van der Waals surface area contributed by atoms with E-state index in [4.69, 9.17) is 11.6 Å². The lowest BCUT2D eigenvalue weighted by Crippen LogP contribution is -2.43. The van der Waals surface area contributed by atoms with Crippen molar-refractivity contribution in [3.8, 4) is 0 Å². The molecule has 0 atom stereocenters. The summed E-state index contributed by atoms with van der Waals surface area (Å²) in [5.41, 5.74) is 5.82. The third-order valence-electron chi connectivity index (χ3n) is 5.72. The Bertz CT molecular complexity index is 771. The fraction of sp³-hybridized carbons (Fsp3) is 0.364. The summed E-state index contributed by atoms with van der Waals surface area (Å²) >= 11 is 5.93. The van der Waals surface area contributed by atoms with E-state index in [1.807, 2.05) is 12.1 Å². The fourth-order valence-electron chi connectivity index (χ4n) is 4.13. The summed E-state index contributed by atoms with van der Waals surface area (Å²) in [4.78, 5) is 2.56. The lowest BCUT2D eigenvalue weighted by atomic mass is 9.74. The molecule has 2 aromatic carbocycles. The van der Waals surface area contributed by atoms with E-state index in [1.54, 1.807) is 5.56 Å². The van der Waals surface area contributed by atoms with E-state index in [0.717, 1.165) is 18.1 Å². The average Bonchev–Trinajstić information content (AvgIpc) is 2.96. The Labute approximate surface area is 155 Å². The van der Waals surface area contributed by atoms with Crippen LogP contribution in [0.5, 0.6) is 0 Å². The zero-order valence-corrected chi connectivity index (χ0v) is 15.5. The van der Waals surface area contributed by atoms with Gasteiger partial charge < -0.3 is 5.32 Å². The molecule has 4 rings (SSSR count). The molecule has 2 nitrogen and oxygen atoms in total. The number of halogens is 1. The van der Waals surface area contributed by atoms with Crippen molar-refractivity contribution < 1.29 is 0 Å². The Morgan fingerprint density at radius 2 is 1.88 bits per heavy atom. The van der Waals surface area contributed by atoms with Gasteiger partial charge in [-0.25, -0.2) is 0 Å². The molecule has 1 saturated heterocycles. The zero-order chi connectivity index (χ0) is 17.3. The van der Waals surface area contributed by atoms with Crippen LogP contribution in [0.2, 0.25) is 5.02 Å². The molecule has 2 aliphatic heterocycles. The molecule has 2 aromatic rings.